The second-order valence-corrected chi connectivity index (χ2v) is 6.21. The number of hydrogen-bond donors (Lipinski definition) is 0. The van der Waals surface area contributed by atoms with Crippen LogP contribution in [0.2, 0.25) is 0 Å². The molecule has 0 saturated heterocycles. The van der Waals surface area contributed by atoms with Gasteiger partial charge in [-0.25, -0.2) is 0 Å². The van der Waals surface area contributed by atoms with Gasteiger partial charge in [0, 0.05) is 12.4 Å². The van der Waals surface area contributed by atoms with E-state index in [2.05, 4.69) is 0 Å². The van der Waals surface area contributed by atoms with E-state index in [0.29, 0.717) is 16.4 Å². The number of para-hydroxylation sites is 1. The van der Waals surface area contributed by atoms with Crippen molar-refractivity contribution >= 4 is 18.0 Å². The highest BCUT2D eigenvalue weighted by Gasteiger charge is 2.30. The largest absolute Gasteiger partial charge is 0.496 e. The minimum atomic E-state index is -3.08. The van der Waals surface area contributed by atoms with Crippen molar-refractivity contribution in [3.8, 4) is 5.75 Å². The lowest BCUT2D eigenvalue weighted by Crippen LogP contribution is -2.18. The first kappa shape index (κ1) is 12.9. The lowest BCUT2D eigenvalue weighted by Gasteiger charge is -2.19. The summed E-state index contributed by atoms with van der Waals surface area (Å²) in [5.74, 6) is 0.575. The topological polar surface area (TPSA) is 35.5 Å². The molecule has 0 amide bonds. The zero-order valence-electron chi connectivity index (χ0n) is 10.4. The Morgan fingerprint density at radius 3 is 2.11 bits per heavy atom. The van der Waals surface area contributed by atoms with Crippen molar-refractivity contribution in [3.63, 3.8) is 0 Å². The first-order valence-electron chi connectivity index (χ1n) is 5.57. The normalized spacial score (nSPS) is 13.9. The first-order valence-corrected chi connectivity index (χ1v) is 7.20. The van der Waals surface area contributed by atoms with Crippen molar-refractivity contribution in [3.05, 3.63) is 54.6 Å². The minimum Gasteiger partial charge on any atom is -0.496 e. The minimum absolute atomic E-state index is 0.575. The molecule has 0 N–H and O–H groups in total. The number of methoxy groups -OCH3 is 1. The smallest absolute Gasteiger partial charge is 0.264 e. The maximum atomic E-state index is 13.1. The molecule has 0 radical (unpaired) electrons. The predicted octanol–water partition coefficient (Wildman–Crippen LogP) is 2.57. The summed E-state index contributed by atoms with van der Waals surface area (Å²) < 4.78 is 23.7. The third-order valence-corrected chi connectivity index (χ3v) is 5.25. The molecule has 0 bridgehead atoms. The van der Waals surface area contributed by atoms with E-state index in [1.54, 1.807) is 31.4 Å². The van der Waals surface area contributed by atoms with Crippen molar-refractivity contribution in [1.82, 2.24) is 0 Å². The average molecular weight is 262 g/mol. The van der Waals surface area contributed by atoms with E-state index in [9.17, 15) is 4.57 Å². The summed E-state index contributed by atoms with van der Waals surface area (Å²) in [6.45, 7) is 0. The quantitative estimate of drug-likeness (QED) is 0.794. The van der Waals surface area contributed by atoms with Crippen LogP contribution in [-0.4, -0.2) is 14.2 Å². The molecule has 0 aliphatic carbocycles. The van der Waals surface area contributed by atoms with E-state index in [1.807, 2.05) is 30.3 Å². The number of hydrogen-bond acceptors (Lipinski definition) is 3. The van der Waals surface area contributed by atoms with E-state index >= 15 is 0 Å². The monoisotopic (exact) mass is 262 g/mol. The standard InChI is InChI=1S/C14H15O3P/c1-16-13-10-6-7-11-14(13)18(15,17-2)12-8-4-3-5-9-12/h3-11H,1-2H3/t18-/m1/s1. The third-order valence-electron chi connectivity index (χ3n) is 2.76. The number of rotatable bonds is 4. The highest BCUT2D eigenvalue weighted by Crippen LogP contribution is 2.46. The summed E-state index contributed by atoms with van der Waals surface area (Å²) >= 11 is 0. The van der Waals surface area contributed by atoms with Gasteiger partial charge in [-0.2, -0.15) is 0 Å². The van der Waals surface area contributed by atoms with Gasteiger partial charge < -0.3 is 9.26 Å². The Balaban J connectivity index is 2.61. The first-order chi connectivity index (χ1) is 8.72. The van der Waals surface area contributed by atoms with Crippen LogP contribution in [0.15, 0.2) is 54.6 Å². The molecule has 4 heteroatoms. The van der Waals surface area contributed by atoms with Crippen LogP contribution in [0.3, 0.4) is 0 Å². The lowest BCUT2D eigenvalue weighted by atomic mass is 10.3. The molecule has 3 nitrogen and oxygen atoms in total. The Morgan fingerprint density at radius 1 is 0.889 bits per heavy atom. The van der Waals surface area contributed by atoms with Crippen LogP contribution in [0.1, 0.15) is 0 Å². The molecule has 18 heavy (non-hydrogen) atoms. The zero-order chi connectivity index (χ0) is 13.0. The molecule has 2 aromatic carbocycles. The van der Waals surface area contributed by atoms with Gasteiger partial charge in [-0.3, -0.25) is 4.57 Å². The fraction of sp³-hybridized carbons (Fsp3) is 0.143. The van der Waals surface area contributed by atoms with Gasteiger partial charge in [-0.05, 0) is 24.3 Å². The molecule has 0 fully saturated rings. The lowest BCUT2D eigenvalue weighted by molar-refractivity contribution is 0.402. The Hall–Kier alpha value is -1.57. The molecule has 0 aromatic heterocycles. The van der Waals surface area contributed by atoms with Crippen LogP contribution in [0.4, 0.5) is 0 Å². The number of ether oxygens (including phenoxy) is 1. The second-order valence-electron chi connectivity index (χ2n) is 3.74. The second kappa shape index (κ2) is 5.38. The summed E-state index contributed by atoms with van der Waals surface area (Å²) in [5, 5.41) is 1.25. The van der Waals surface area contributed by atoms with Gasteiger partial charge in [0.2, 0.25) is 0 Å². The van der Waals surface area contributed by atoms with Crippen LogP contribution < -0.4 is 15.3 Å². The van der Waals surface area contributed by atoms with Crippen LogP contribution in [0.5, 0.6) is 5.75 Å². The summed E-state index contributed by atoms with van der Waals surface area (Å²) in [5.41, 5.74) is 0. The molecule has 2 aromatic rings. The van der Waals surface area contributed by atoms with Gasteiger partial charge >= 0.3 is 0 Å². The molecule has 0 aliphatic heterocycles. The van der Waals surface area contributed by atoms with Gasteiger partial charge in [0.1, 0.15) is 5.75 Å². The van der Waals surface area contributed by atoms with E-state index in [0.717, 1.165) is 0 Å². The Morgan fingerprint density at radius 2 is 1.50 bits per heavy atom. The molecular formula is C14H15O3P. The van der Waals surface area contributed by atoms with E-state index in [-0.39, 0.29) is 0 Å². The zero-order valence-corrected chi connectivity index (χ0v) is 11.3. The third kappa shape index (κ3) is 2.20. The van der Waals surface area contributed by atoms with Gasteiger partial charge in [-0.1, -0.05) is 30.3 Å². The summed E-state index contributed by atoms with van der Waals surface area (Å²) in [6, 6.07) is 16.4. The summed E-state index contributed by atoms with van der Waals surface area (Å²) in [6.07, 6.45) is 0. The van der Waals surface area contributed by atoms with E-state index < -0.39 is 7.37 Å². The summed E-state index contributed by atoms with van der Waals surface area (Å²) in [7, 11) is -0.0662. The molecule has 0 saturated carbocycles. The number of benzene rings is 2. The maximum absolute atomic E-state index is 13.1. The van der Waals surface area contributed by atoms with Crippen LogP contribution >= 0.6 is 7.37 Å². The molecule has 0 unspecified atom stereocenters. The van der Waals surface area contributed by atoms with Crippen LogP contribution in [0, 0.1) is 0 Å². The van der Waals surface area contributed by atoms with Gasteiger partial charge in [0.05, 0.1) is 12.4 Å². The van der Waals surface area contributed by atoms with Crippen molar-refractivity contribution in [1.29, 1.82) is 0 Å². The summed E-state index contributed by atoms with van der Waals surface area (Å²) in [4.78, 5) is 0. The molecule has 0 spiro atoms. The van der Waals surface area contributed by atoms with Gasteiger partial charge in [0.25, 0.3) is 7.37 Å². The van der Waals surface area contributed by atoms with Gasteiger partial charge in [-0.15, -0.1) is 0 Å². The highest BCUT2D eigenvalue weighted by atomic mass is 31.2. The van der Waals surface area contributed by atoms with Crippen molar-refractivity contribution in [2.75, 3.05) is 14.2 Å². The van der Waals surface area contributed by atoms with Crippen molar-refractivity contribution < 1.29 is 13.8 Å². The Labute approximate surface area is 107 Å². The molecule has 1 atom stereocenters. The van der Waals surface area contributed by atoms with E-state index in [4.69, 9.17) is 9.26 Å². The Bertz CT molecular complexity index is 566. The van der Waals surface area contributed by atoms with Crippen molar-refractivity contribution in [2.24, 2.45) is 0 Å². The van der Waals surface area contributed by atoms with E-state index in [1.165, 1.54) is 7.11 Å². The average Bonchev–Trinajstić information content (AvgIpc) is 2.47. The molecule has 0 aliphatic rings. The van der Waals surface area contributed by atoms with Crippen LogP contribution in [-0.2, 0) is 9.09 Å². The SMILES string of the molecule is COc1ccccc1[P@](=O)(OC)c1ccccc1. The molecule has 94 valence electrons. The highest BCUT2D eigenvalue weighted by molar-refractivity contribution is 7.74. The van der Waals surface area contributed by atoms with Crippen LogP contribution in [0.25, 0.3) is 0 Å². The molecule has 0 heterocycles. The fourth-order valence-electron chi connectivity index (χ4n) is 1.84. The Kier molecular flexibility index (Phi) is 3.85. The van der Waals surface area contributed by atoms with Crippen molar-refractivity contribution in [2.45, 2.75) is 0 Å². The molecule has 2 rings (SSSR count). The fourth-order valence-corrected chi connectivity index (χ4v) is 3.83. The molecular weight excluding hydrogens is 247 g/mol. The predicted molar refractivity (Wildman–Crippen MR) is 73.3 cm³/mol. The van der Waals surface area contributed by atoms with Gasteiger partial charge in [0.15, 0.2) is 0 Å². The maximum Gasteiger partial charge on any atom is 0.264 e.